The Morgan fingerprint density at radius 2 is 1.91 bits per heavy atom. The summed E-state index contributed by atoms with van der Waals surface area (Å²) in [6, 6.07) is 6.38. The average Bonchev–Trinajstić information content (AvgIpc) is 3.47. The van der Waals surface area contributed by atoms with Crippen LogP contribution in [0.15, 0.2) is 36.4 Å². The van der Waals surface area contributed by atoms with Crippen molar-refractivity contribution < 1.29 is 33.7 Å². The fraction of sp³-hybridized carbons (Fsp3) is 0.560. The molecule has 6 atom stereocenters. The number of aliphatic carboxylic acids is 1. The normalized spacial score (nSPS) is 35.9. The zero-order valence-electron chi connectivity index (χ0n) is 18.7. The average molecular weight is 469 g/mol. The van der Waals surface area contributed by atoms with Gasteiger partial charge < -0.3 is 29.5 Å². The summed E-state index contributed by atoms with van der Waals surface area (Å²) in [5, 5.41) is 13.0. The Balaban J connectivity index is 1.30. The van der Waals surface area contributed by atoms with Gasteiger partial charge in [0.1, 0.15) is 24.2 Å². The molecule has 180 valence electrons. The summed E-state index contributed by atoms with van der Waals surface area (Å²) in [4.78, 5) is 40.9. The van der Waals surface area contributed by atoms with Crippen molar-refractivity contribution >= 4 is 17.8 Å². The van der Waals surface area contributed by atoms with Crippen LogP contribution in [0.25, 0.3) is 0 Å². The number of carboxylic acid groups (broad SMARTS) is 1. The molecule has 1 aromatic carbocycles. The molecule has 6 unspecified atom stereocenters. The van der Waals surface area contributed by atoms with Crippen LogP contribution in [0.3, 0.4) is 0 Å². The minimum absolute atomic E-state index is 0.0487. The van der Waals surface area contributed by atoms with E-state index >= 15 is 0 Å². The Kier molecular flexibility index (Phi) is 5.05. The van der Waals surface area contributed by atoms with E-state index < -0.39 is 41.7 Å². The lowest BCUT2D eigenvalue weighted by atomic mass is 9.74. The lowest BCUT2D eigenvalue weighted by molar-refractivity contribution is -0.149. The molecule has 0 radical (unpaired) electrons. The van der Waals surface area contributed by atoms with E-state index in [-0.39, 0.29) is 31.0 Å². The molecule has 2 N–H and O–H groups in total. The Labute approximate surface area is 197 Å². The van der Waals surface area contributed by atoms with E-state index in [0.717, 1.165) is 32.1 Å². The van der Waals surface area contributed by atoms with Gasteiger partial charge in [-0.05, 0) is 25.0 Å². The van der Waals surface area contributed by atoms with Crippen LogP contribution in [0.5, 0.6) is 11.5 Å². The zero-order chi connectivity index (χ0) is 23.4. The summed E-state index contributed by atoms with van der Waals surface area (Å²) < 4.78 is 18.0. The standard InChI is InChI=1S/C25H28N2O7/c28-22(26-14-6-2-1-3-7-14)21-25-11-10-18(34-25)19(24(30)31)20(25)23(29)27(21)12-15-13-32-16-8-4-5-9-17(16)33-15/h4-5,8-11,14-15,18-21H,1-3,6-7,12-13H2,(H,26,28)(H,30,31). The Hall–Kier alpha value is -3.07. The van der Waals surface area contributed by atoms with Crippen LogP contribution < -0.4 is 14.8 Å². The summed E-state index contributed by atoms with van der Waals surface area (Å²) >= 11 is 0. The minimum atomic E-state index is -1.28. The number of hydrogen-bond donors (Lipinski definition) is 2. The molecule has 2 amide bonds. The van der Waals surface area contributed by atoms with Gasteiger partial charge in [0.05, 0.1) is 18.6 Å². The summed E-state index contributed by atoms with van der Waals surface area (Å²) in [7, 11) is 0. The van der Waals surface area contributed by atoms with E-state index in [1.54, 1.807) is 18.2 Å². The van der Waals surface area contributed by atoms with E-state index in [1.165, 1.54) is 4.90 Å². The third-order valence-electron chi connectivity index (χ3n) is 7.83. The van der Waals surface area contributed by atoms with Crippen LogP contribution in [-0.4, -0.2) is 70.8 Å². The number of para-hydroxylation sites is 2. The van der Waals surface area contributed by atoms with Gasteiger partial charge in [-0.15, -0.1) is 0 Å². The summed E-state index contributed by atoms with van der Waals surface area (Å²) in [5.41, 5.74) is -1.28. The van der Waals surface area contributed by atoms with E-state index in [9.17, 15) is 19.5 Å². The molecule has 34 heavy (non-hydrogen) atoms. The third kappa shape index (κ3) is 3.20. The molecule has 1 saturated carbocycles. The number of fused-ring (bicyclic) bond motifs is 2. The quantitative estimate of drug-likeness (QED) is 0.630. The third-order valence-corrected chi connectivity index (χ3v) is 7.83. The lowest BCUT2D eigenvalue weighted by Crippen LogP contribution is -2.58. The Morgan fingerprint density at radius 1 is 1.15 bits per heavy atom. The maximum Gasteiger partial charge on any atom is 0.310 e. The second kappa shape index (κ2) is 8.01. The number of likely N-dealkylation sites (tertiary alicyclic amines) is 1. The van der Waals surface area contributed by atoms with Crippen molar-refractivity contribution in [3.05, 3.63) is 36.4 Å². The molecule has 0 aromatic heterocycles. The van der Waals surface area contributed by atoms with Crippen molar-refractivity contribution in [3.63, 3.8) is 0 Å². The van der Waals surface area contributed by atoms with Crippen LogP contribution in [0, 0.1) is 11.8 Å². The molecule has 3 fully saturated rings. The first kappa shape index (κ1) is 21.5. The van der Waals surface area contributed by atoms with Crippen molar-refractivity contribution in [3.8, 4) is 11.5 Å². The second-order valence-electron chi connectivity index (χ2n) is 9.87. The highest BCUT2D eigenvalue weighted by Gasteiger charge is 2.73. The molecule has 1 aromatic rings. The predicted octanol–water partition coefficient (Wildman–Crippen LogP) is 1.51. The zero-order valence-corrected chi connectivity index (χ0v) is 18.7. The fourth-order valence-electron chi connectivity index (χ4n) is 6.35. The van der Waals surface area contributed by atoms with Crippen molar-refractivity contribution in [1.29, 1.82) is 0 Å². The van der Waals surface area contributed by atoms with Crippen LogP contribution >= 0.6 is 0 Å². The van der Waals surface area contributed by atoms with Crippen molar-refractivity contribution in [2.75, 3.05) is 13.2 Å². The summed E-state index contributed by atoms with van der Waals surface area (Å²) in [6.07, 6.45) is 7.27. The highest BCUT2D eigenvalue weighted by atomic mass is 16.6. The van der Waals surface area contributed by atoms with Crippen LogP contribution in [0.4, 0.5) is 0 Å². The topological polar surface area (TPSA) is 114 Å². The van der Waals surface area contributed by atoms with Crippen LogP contribution in [-0.2, 0) is 19.1 Å². The SMILES string of the molecule is O=C(O)C1C2C=CC3(O2)C1C(=O)N(CC1COc2ccccc2O1)C3C(=O)NC1CCCCC1. The molecule has 1 spiro atoms. The number of ether oxygens (including phenoxy) is 3. The highest BCUT2D eigenvalue weighted by molar-refractivity contribution is 5.99. The van der Waals surface area contributed by atoms with Gasteiger partial charge in [0.2, 0.25) is 11.8 Å². The molecule has 6 rings (SSSR count). The minimum Gasteiger partial charge on any atom is -0.486 e. The predicted molar refractivity (Wildman–Crippen MR) is 118 cm³/mol. The molecule has 1 aliphatic carbocycles. The molecular weight excluding hydrogens is 440 g/mol. The lowest BCUT2D eigenvalue weighted by Gasteiger charge is -2.36. The number of hydrogen-bond acceptors (Lipinski definition) is 6. The van der Waals surface area contributed by atoms with Gasteiger partial charge in [-0.1, -0.05) is 43.5 Å². The molecule has 4 heterocycles. The Morgan fingerprint density at radius 3 is 2.68 bits per heavy atom. The first-order chi connectivity index (χ1) is 16.5. The van der Waals surface area contributed by atoms with Crippen LogP contribution in [0.1, 0.15) is 32.1 Å². The number of benzene rings is 1. The highest BCUT2D eigenvalue weighted by Crippen LogP contribution is 2.55. The molecule has 5 aliphatic rings. The fourth-order valence-corrected chi connectivity index (χ4v) is 6.35. The maximum absolute atomic E-state index is 13.7. The molecular formula is C25H28N2O7. The molecule has 9 heteroatoms. The van der Waals surface area contributed by atoms with E-state index in [4.69, 9.17) is 14.2 Å². The van der Waals surface area contributed by atoms with E-state index in [0.29, 0.717) is 11.5 Å². The smallest absolute Gasteiger partial charge is 0.310 e. The van der Waals surface area contributed by atoms with Crippen molar-refractivity contribution in [1.82, 2.24) is 10.2 Å². The van der Waals surface area contributed by atoms with Gasteiger partial charge in [-0.2, -0.15) is 0 Å². The number of carbonyl (C=O) groups is 3. The number of nitrogens with one attached hydrogen (secondary N) is 1. The van der Waals surface area contributed by atoms with Gasteiger partial charge in [0, 0.05) is 6.04 Å². The van der Waals surface area contributed by atoms with Gasteiger partial charge >= 0.3 is 5.97 Å². The van der Waals surface area contributed by atoms with Gasteiger partial charge in [-0.25, -0.2) is 0 Å². The maximum atomic E-state index is 13.7. The van der Waals surface area contributed by atoms with E-state index in [2.05, 4.69) is 5.32 Å². The number of nitrogens with zero attached hydrogens (tertiary/aromatic N) is 1. The molecule has 2 bridgehead atoms. The molecule has 2 saturated heterocycles. The number of amides is 2. The first-order valence-corrected chi connectivity index (χ1v) is 12.1. The monoisotopic (exact) mass is 468 g/mol. The first-order valence-electron chi connectivity index (χ1n) is 12.1. The van der Waals surface area contributed by atoms with Gasteiger partial charge in [0.25, 0.3) is 0 Å². The second-order valence-corrected chi connectivity index (χ2v) is 9.87. The number of carboxylic acids is 1. The number of carbonyl (C=O) groups excluding carboxylic acids is 2. The van der Waals surface area contributed by atoms with Gasteiger partial charge in [-0.3, -0.25) is 14.4 Å². The van der Waals surface area contributed by atoms with Crippen LogP contribution in [0.2, 0.25) is 0 Å². The summed E-state index contributed by atoms with van der Waals surface area (Å²) in [6.45, 7) is 0.319. The largest absolute Gasteiger partial charge is 0.486 e. The van der Waals surface area contributed by atoms with Crippen molar-refractivity contribution in [2.45, 2.75) is 62.0 Å². The number of rotatable bonds is 5. The van der Waals surface area contributed by atoms with Gasteiger partial charge in [0.15, 0.2) is 17.6 Å². The Bertz CT molecular complexity index is 1050. The summed E-state index contributed by atoms with van der Waals surface area (Å²) in [5.74, 6) is -2.52. The molecule has 9 nitrogen and oxygen atoms in total. The molecule has 4 aliphatic heterocycles. The van der Waals surface area contributed by atoms with E-state index in [1.807, 2.05) is 18.2 Å². The van der Waals surface area contributed by atoms with Crippen molar-refractivity contribution in [2.24, 2.45) is 11.8 Å².